The van der Waals surface area contributed by atoms with E-state index in [-0.39, 0.29) is 6.04 Å². The fourth-order valence-electron chi connectivity index (χ4n) is 1.31. The SMILES string of the molecule is CNC(C=O)Cc1ccc(Cl)c(C)c1. The van der Waals surface area contributed by atoms with Crippen molar-refractivity contribution in [2.45, 2.75) is 19.4 Å². The van der Waals surface area contributed by atoms with Crippen molar-refractivity contribution >= 4 is 17.9 Å². The van der Waals surface area contributed by atoms with E-state index in [9.17, 15) is 4.79 Å². The third kappa shape index (κ3) is 2.82. The second-order valence-electron chi connectivity index (χ2n) is 3.32. The van der Waals surface area contributed by atoms with Crippen LogP contribution in [0.1, 0.15) is 11.1 Å². The van der Waals surface area contributed by atoms with Gasteiger partial charge in [0.2, 0.25) is 0 Å². The van der Waals surface area contributed by atoms with Crippen molar-refractivity contribution in [1.29, 1.82) is 0 Å². The summed E-state index contributed by atoms with van der Waals surface area (Å²) >= 11 is 5.90. The highest BCUT2D eigenvalue weighted by atomic mass is 35.5. The molecule has 1 aromatic rings. The molecule has 1 atom stereocenters. The van der Waals surface area contributed by atoms with Crippen LogP contribution in [0.3, 0.4) is 0 Å². The van der Waals surface area contributed by atoms with Crippen molar-refractivity contribution in [2.75, 3.05) is 7.05 Å². The quantitative estimate of drug-likeness (QED) is 0.772. The number of aldehydes is 1. The van der Waals surface area contributed by atoms with E-state index >= 15 is 0 Å². The van der Waals surface area contributed by atoms with E-state index in [2.05, 4.69) is 5.32 Å². The third-order valence-corrected chi connectivity index (χ3v) is 2.64. The summed E-state index contributed by atoms with van der Waals surface area (Å²) in [4.78, 5) is 10.6. The minimum Gasteiger partial charge on any atom is -0.311 e. The molecular weight excluding hydrogens is 198 g/mol. The van der Waals surface area contributed by atoms with Gasteiger partial charge in [-0.1, -0.05) is 23.7 Å². The van der Waals surface area contributed by atoms with Crippen LogP contribution < -0.4 is 5.32 Å². The fourth-order valence-corrected chi connectivity index (χ4v) is 1.42. The summed E-state index contributed by atoms with van der Waals surface area (Å²) in [5, 5.41) is 3.70. The highest BCUT2D eigenvalue weighted by molar-refractivity contribution is 6.31. The maximum Gasteiger partial charge on any atom is 0.137 e. The molecule has 0 saturated heterocycles. The lowest BCUT2D eigenvalue weighted by atomic mass is 10.0. The van der Waals surface area contributed by atoms with Gasteiger partial charge in [-0.15, -0.1) is 0 Å². The van der Waals surface area contributed by atoms with Gasteiger partial charge in [-0.25, -0.2) is 0 Å². The highest BCUT2D eigenvalue weighted by Crippen LogP contribution is 2.16. The Morgan fingerprint density at radius 2 is 2.29 bits per heavy atom. The number of benzene rings is 1. The maximum atomic E-state index is 10.6. The predicted octanol–water partition coefficient (Wildman–Crippen LogP) is 1.98. The lowest BCUT2D eigenvalue weighted by Crippen LogP contribution is -2.28. The summed E-state index contributed by atoms with van der Waals surface area (Å²) in [5.74, 6) is 0. The number of halogens is 1. The summed E-state index contributed by atoms with van der Waals surface area (Å²) in [5.41, 5.74) is 2.17. The zero-order valence-electron chi connectivity index (χ0n) is 8.38. The Morgan fingerprint density at radius 1 is 1.57 bits per heavy atom. The van der Waals surface area contributed by atoms with Gasteiger partial charge >= 0.3 is 0 Å². The van der Waals surface area contributed by atoms with Gasteiger partial charge in [0.1, 0.15) is 6.29 Å². The summed E-state index contributed by atoms with van der Waals surface area (Å²) in [6.45, 7) is 1.96. The first-order chi connectivity index (χ1) is 6.67. The molecule has 0 aliphatic heterocycles. The van der Waals surface area contributed by atoms with Gasteiger partial charge in [0.05, 0.1) is 6.04 Å². The molecule has 0 amide bonds. The number of carbonyl (C=O) groups excluding carboxylic acids is 1. The Morgan fingerprint density at radius 3 is 2.79 bits per heavy atom. The molecule has 0 aromatic heterocycles. The van der Waals surface area contributed by atoms with Crippen LogP contribution in [0, 0.1) is 6.92 Å². The van der Waals surface area contributed by atoms with Gasteiger partial charge in [-0.2, -0.15) is 0 Å². The number of hydrogen-bond donors (Lipinski definition) is 1. The van der Waals surface area contributed by atoms with Gasteiger partial charge < -0.3 is 10.1 Å². The zero-order valence-corrected chi connectivity index (χ0v) is 9.14. The number of aryl methyl sites for hydroxylation is 1. The van der Waals surface area contributed by atoms with Gasteiger partial charge in [0.25, 0.3) is 0 Å². The van der Waals surface area contributed by atoms with Crippen molar-refractivity contribution in [3.63, 3.8) is 0 Å². The van der Waals surface area contributed by atoms with Crippen molar-refractivity contribution in [3.8, 4) is 0 Å². The average Bonchev–Trinajstić information content (AvgIpc) is 2.19. The molecule has 0 heterocycles. The van der Waals surface area contributed by atoms with E-state index in [1.807, 2.05) is 25.1 Å². The molecule has 0 saturated carbocycles. The zero-order chi connectivity index (χ0) is 10.6. The second kappa shape index (κ2) is 5.13. The number of carbonyl (C=O) groups is 1. The maximum absolute atomic E-state index is 10.6. The molecule has 0 aliphatic rings. The van der Waals surface area contributed by atoms with Gasteiger partial charge in [0, 0.05) is 5.02 Å². The minimum absolute atomic E-state index is 0.115. The molecule has 1 aromatic carbocycles. The van der Waals surface area contributed by atoms with E-state index in [1.165, 1.54) is 0 Å². The first-order valence-electron chi connectivity index (χ1n) is 4.55. The molecule has 0 aliphatic carbocycles. The topological polar surface area (TPSA) is 29.1 Å². The smallest absolute Gasteiger partial charge is 0.137 e. The molecule has 1 rings (SSSR count). The second-order valence-corrected chi connectivity index (χ2v) is 3.73. The van der Waals surface area contributed by atoms with Crippen LogP contribution in [0.4, 0.5) is 0 Å². The Bertz CT molecular complexity index is 325. The van der Waals surface area contributed by atoms with E-state index in [0.29, 0.717) is 6.42 Å². The van der Waals surface area contributed by atoms with Crippen molar-refractivity contribution in [1.82, 2.24) is 5.32 Å². The van der Waals surface area contributed by atoms with Crippen LogP contribution >= 0.6 is 11.6 Å². The molecule has 0 radical (unpaired) electrons. The molecule has 0 spiro atoms. The van der Waals surface area contributed by atoms with Crippen LogP contribution in [0.5, 0.6) is 0 Å². The number of nitrogens with one attached hydrogen (secondary N) is 1. The Kier molecular flexibility index (Phi) is 4.11. The summed E-state index contributed by atoms with van der Waals surface area (Å²) < 4.78 is 0. The predicted molar refractivity (Wildman–Crippen MR) is 58.8 cm³/mol. The van der Waals surface area contributed by atoms with Crippen molar-refractivity contribution < 1.29 is 4.79 Å². The van der Waals surface area contributed by atoms with E-state index in [1.54, 1.807) is 7.05 Å². The van der Waals surface area contributed by atoms with Crippen LogP contribution in [-0.2, 0) is 11.2 Å². The highest BCUT2D eigenvalue weighted by Gasteiger charge is 2.05. The largest absolute Gasteiger partial charge is 0.311 e. The first-order valence-corrected chi connectivity index (χ1v) is 4.92. The molecule has 76 valence electrons. The summed E-state index contributed by atoms with van der Waals surface area (Å²) in [6, 6.07) is 5.71. The molecule has 14 heavy (non-hydrogen) atoms. The van der Waals surface area contributed by atoms with Gasteiger partial charge in [0.15, 0.2) is 0 Å². The Hall–Kier alpha value is -0.860. The average molecular weight is 212 g/mol. The lowest BCUT2D eigenvalue weighted by Gasteiger charge is -2.09. The fraction of sp³-hybridized carbons (Fsp3) is 0.364. The van der Waals surface area contributed by atoms with Crippen LogP contribution in [0.2, 0.25) is 5.02 Å². The standard InChI is InChI=1S/C11H14ClNO/c1-8-5-9(3-4-11(8)12)6-10(7-14)13-2/h3-5,7,10,13H,6H2,1-2H3. The molecule has 0 fully saturated rings. The molecule has 2 nitrogen and oxygen atoms in total. The lowest BCUT2D eigenvalue weighted by molar-refractivity contribution is -0.109. The normalized spacial score (nSPS) is 12.5. The van der Waals surface area contributed by atoms with E-state index < -0.39 is 0 Å². The van der Waals surface area contributed by atoms with Crippen molar-refractivity contribution in [2.24, 2.45) is 0 Å². The summed E-state index contributed by atoms with van der Waals surface area (Å²) in [6.07, 6.45) is 1.63. The van der Waals surface area contributed by atoms with Crippen molar-refractivity contribution in [3.05, 3.63) is 34.3 Å². The first kappa shape index (κ1) is 11.2. The molecule has 3 heteroatoms. The Labute approximate surface area is 89.3 Å². The minimum atomic E-state index is -0.115. The number of rotatable bonds is 4. The van der Waals surface area contributed by atoms with Gasteiger partial charge in [-0.05, 0) is 37.6 Å². The third-order valence-electron chi connectivity index (χ3n) is 2.21. The van der Waals surface area contributed by atoms with E-state index in [0.717, 1.165) is 22.4 Å². The van der Waals surface area contributed by atoms with Crippen LogP contribution in [0.15, 0.2) is 18.2 Å². The van der Waals surface area contributed by atoms with Crippen LogP contribution in [0.25, 0.3) is 0 Å². The molecule has 1 unspecified atom stereocenters. The molecule has 1 N–H and O–H groups in total. The molecular formula is C11H14ClNO. The Balaban J connectivity index is 2.76. The number of hydrogen-bond acceptors (Lipinski definition) is 2. The van der Waals surface area contributed by atoms with Gasteiger partial charge in [-0.3, -0.25) is 0 Å². The monoisotopic (exact) mass is 211 g/mol. The summed E-state index contributed by atoms with van der Waals surface area (Å²) in [7, 11) is 1.78. The van der Waals surface area contributed by atoms with E-state index in [4.69, 9.17) is 11.6 Å². The molecule has 0 bridgehead atoms. The number of likely N-dealkylation sites (N-methyl/N-ethyl adjacent to an activating group) is 1. The van der Waals surface area contributed by atoms with Crippen LogP contribution in [-0.4, -0.2) is 19.4 Å².